The van der Waals surface area contributed by atoms with Gasteiger partial charge in [-0.15, -0.1) is 0 Å². The summed E-state index contributed by atoms with van der Waals surface area (Å²) in [6.45, 7) is 1.77. The maximum Gasteiger partial charge on any atom is 0.179 e. The van der Waals surface area contributed by atoms with Gasteiger partial charge >= 0.3 is 0 Å². The standard InChI is InChI=1S/C14H19NO/c1-14(16,12-8-4-2-5-9-12)15-13-10-6-3-7-11-13/h2,4-5,8-9,16H,3,6-7,10-11H2,1H3. The van der Waals surface area contributed by atoms with Crippen molar-refractivity contribution in [3.05, 3.63) is 35.9 Å². The molecule has 1 aliphatic rings. The molecular weight excluding hydrogens is 198 g/mol. The molecule has 1 aromatic rings. The minimum absolute atomic E-state index is 0.869. The lowest BCUT2D eigenvalue weighted by Gasteiger charge is -2.22. The van der Waals surface area contributed by atoms with Gasteiger partial charge in [-0.05, 0) is 32.6 Å². The fraction of sp³-hybridized carbons (Fsp3) is 0.500. The Morgan fingerprint density at radius 3 is 2.31 bits per heavy atom. The van der Waals surface area contributed by atoms with Crippen molar-refractivity contribution >= 4 is 5.71 Å². The lowest BCUT2D eigenvalue weighted by molar-refractivity contribution is 0.0670. The van der Waals surface area contributed by atoms with Gasteiger partial charge in [0.1, 0.15) is 0 Å². The Balaban J connectivity index is 2.18. The van der Waals surface area contributed by atoms with Gasteiger partial charge in [0, 0.05) is 11.3 Å². The second-order valence-corrected chi connectivity index (χ2v) is 4.63. The fourth-order valence-electron chi connectivity index (χ4n) is 2.20. The Morgan fingerprint density at radius 1 is 1.06 bits per heavy atom. The van der Waals surface area contributed by atoms with Gasteiger partial charge in [-0.1, -0.05) is 36.8 Å². The van der Waals surface area contributed by atoms with Crippen LogP contribution >= 0.6 is 0 Å². The molecule has 0 bridgehead atoms. The molecule has 0 heterocycles. The molecule has 0 spiro atoms. The molecule has 1 N–H and O–H groups in total. The number of hydrogen-bond donors (Lipinski definition) is 1. The number of aliphatic hydroxyl groups is 1. The zero-order valence-electron chi connectivity index (χ0n) is 9.82. The predicted octanol–water partition coefficient (Wildman–Crippen LogP) is 3.26. The van der Waals surface area contributed by atoms with Crippen LogP contribution in [0, 0.1) is 0 Å². The highest BCUT2D eigenvalue weighted by Gasteiger charge is 2.22. The van der Waals surface area contributed by atoms with Crippen LogP contribution in [0.5, 0.6) is 0 Å². The summed E-state index contributed by atoms with van der Waals surface area (Å²) in [7, 11) is 0. The van der Waals surface area contributed by atoms with Crippen LogP contribution < -0.4 is 0 Å². The van der Waals surface area contributed by atoms with Crippen molar-refractivity contribution in [2.75, 3.05) is 0 Å². The largest absolute Gasteiger partial charge is 0.366 e. The molecule has 0 radical (unpaired) electrons. The molecule has 0 saturated heterocycles. The summed E-state index contributed by atoms with van der Waals surface area (Å²) in [5.74, 6) is 0. The van der Waals surface area contributed by atoms with E-state index in [2.05, 4.69) is 4.99 Å². The average molecular weight is 217 g/mol. The molecule has 2 nitrogen and oxygen atoms in total. The van der Waals surface area contributed by atoms with E-state index in [4.69, 9.17) is 0 Å². The lowest BCUT2D eigenvalue weighted by atomic mass is 9.97. The van der Waals surface area contributed by atoms with Crippen molar-refractivity contribution in [3.63, 3.8) is 0 Å². The van der Waals surface area contributed by atoms with E-state index in [9.17, 15) is 5.11 Å². The monoisotopic (exact) mass is 217 g/mol. The molecule has 2 heteroatoms. The van der Waals surface area contributed by atoms with E-state index in [1.807, 2.05) is 30.3 Å². The molecule has 86 valence electrons. The van der Waals surface area contributed by atoms with Crippen LogP contribution in [0.4, 0.5) is 0 Å². The molecule has 1 atom stereocenters. The fourth-order valence-corrected chi connectivity index (χ4v) is 2.20. The average Bonchev–Trinajstić information content (AvgIpc) is 2.31. The van der Waals surface area contributed by atoms with E-state index >= 15 is 0 Å². The number of hydrogen-bond acceptors (Lipinski definition) is 2. The number of benzene rings is 1. The molecule has 0 amide bonds. The van der Waals surface area contributed by atoms with Gasteiger partial charge in [0.15, 0.2) is 5.72 Å². The van der Waals surface area contributed by atoms with Crippen LogP contribution in [0.1, 0.15) is 44.6 Å². The Labute approximate surface area is 97.0 Å². The highest BCUT2D eigenvalue weighted by atomic mass is 16.3. The first kappa shape index (κ1) is 11.3. The maximum absolute atomic E-state index is 10.4. The first-order valence-electron chi connectivity index (χ1n) is 6.04. The maximum atomic E-state index is 10.4. The Bertz CT molecular complexity index is 360. The van der Waals surface area contributed by atoms with Crippen LogP contribution in [0.2, 0.25) is 0 Å². The first-order chi connectivity index (χ1) is 7.68. The van der Waals surface area contributed by atoms with Crippen LogP contribution in [-0.2, 0) is 5.72 Å². The summed E-state index contributed by atoms with van der Waals surface area (Å²) in [5.41, 5.74) is 0.974. The number of aliphatic imine (C=N–C) groups is 1. The third kappa shape index (κ3) is 2.70. The van der Waals surface area contributed by atoms with Crippen molar-refractivity contribution in [3.8, 4) is 0 Å². The second-order valence-electron chi connectivity index (χ2n) is 4.63. The van der Waals surface area contributed by atoms with Gasteiger partial charge < -0.3 is 5.11 Å². The predicted molar refractivity (Wildman–Crippen MR) is 66.5 cm³/mol. The molecular formula is C14H19NO. The van der Waals surface area contributed by atoms with Crippen LogP contribution in [-0.4, -0.2) is 10.8 Å². The van der Waals surface area contributed by atoms with E-state index in [-0.39, 0.29) is 0 Å². The zero-order valence-corrected chi connectivity index (χ0v) is 9.82. The van der Waals surface area contributed by atoms with Crippen LogP contribution in [0.3, 0.4) is 0 Å². The SMILES string of the molecule is CC(O)(N=C1CCCCC1)c1ccccc1. The van der Waals surface area contributed by atoms with Gasteiger partial charge in [-0.3, -0.25) is 4.99 Å². The van der Waals surface area contributed by atoms with Gasteiger partial charge in [-0.25, -0.2) is 0 Å². The van der Waals surface area contributed by atoms with Crippen molar-refractivity contribution in [1.82, 2.24) is 0 Å². The van der Waals surface area contributed by atoms with E-state index in [1.165, 1.54) is 25.0 Å². The lowest BCUT2D eigenvalue weighted by Crippen LogP contribution is -2.21. The molecule has 1 fully saturated rings. The second kappa shape index (κ2) is 4.79. The molecule has 0 aromatic heterocycles. The summed E-state index contributed by atoms with van der Waals surface area (Å²) in [6.07, 6.45) is 5.81. The van der Waals surface area contributed by atoms with Crippen molar-refractivity contribution in [2.45, 2.75) is 44.8 Å². The van der Waals surface area contributed by atoms with E-state index < -0.39 is 5.72 Å². The van der Waals surface area contributed by atoms with Gasteiger partial charge in [0.25, 0.3) is 0 Å². The molecule has 1 saturated carbocycles. The first-order valence-corrected chi connectivity index (χ1v) is 6.04. The van der Waals surface area contributed by atoms with E-state index in [0.29, 0.717) is 0 Å². The Kier molecular flexibility index (Phi) is 3.39. The van der Waals surface area contributed by atoms with Crippen molar-refractivity contribution in [2.24, 2.45) is 4.99 Å². The highest BCUT2D eigenvalue weighted by molar-refractivity contribution is 5.85. The zero-order chi connectivity index (χ0) is 11.4. The Morgan fingerprint density at radius 2 is 1.69 bits per heavy atom. The summed E-state index contributed by atoms with van der Waals surface area (Å²) in [4.78, 5) is 4.51. The summed E-state index contributed by atoms with van der Waals surface area (Å²) >= 11 is 0. The molecule has 0 aliphatic heterocycles. The van der Waals surface area contributed by atoms with Crippen molar-refractivity contribution in [1.29, 1.82) is 0 Å². The normalized spacial score (nSPS) is 20.2. The van der Waals surface area contributed by atoms with E-state index in [0.717, 1.165) is 18.4 Å². The quantitative estimate of drug-likeness (QED) is 0.810. The molecule has 2 rings (SSSR count). The third-order valence-electron chi connectivity index (χ3n) is 3.13. The van der Waals surface area contributed by atoms with Gasteiger partial charge in [0.2, 0.25) is 0 Å². The molecule has 1 aromatic carbocycles. The smallest absolute Gasteiger partial charge is 0.179 e. The molecule has 1 aliphatic carbocycles. The minimum atomic E-state index is -1.06. The van der Waals surface area contributed by atoms with Crippen molar-refractivity contribution < 1.29 is 5.11 Å². The highest BCUT2D eigenvalue weighted by Crippen LogP contribution is 2.25. The Hall–Kier alpha value is -1.15. The summed E-state index contributed by atoms with van der Waals surface area (Å²) < 4.78 is 0. The number of nitrogens with zero attached hydrogens (tertiary/aromatic N) is 1. The van der Waals surface area contributed by atoms with Crippen LogP contribution in [0.25, 0.3) is 0 Å². The van der Waals surface area contributed by atoms with E-state index in [1.54, 1.807) is 6.92 Å². The number of rotatable bonds is 2. The topological polar surface area (TPSA) is 32.6 Å². The van der Waals surface area contributed by atoms with Crippen LogP contribution in [0.15, 0.2) is 35.3 Å². The molecule has 16 heavy (non-hydrogen) atoms. The van der Waals surface area contributed by atoms with Gasteiger partial charge in [0.05, 0.1) is 0 Å². The summed E-state index contributed by atoms with van der Waals surface area (Å²) in [5, 5.41) is 10.4. The minimum Gasteiger partial charge on any atom is -0.366 e. The summed E-state index contributed by atoms with van der Waals surface area (Å²) in [6, 6.07) is 9.67. The molecule has 1 unspecified atom stereocenters. The van der Waals surface area contributed by atoms with Gasteiger partial charge in [-0.2, -0.15) is 0 Å². The third-order valence-corrected chi connectivity index (χ3v) is 3.13.